The summed E-state index contributed by atoms with van der Waals surface area (Å²) in [6.45, 7) is 3.92. The fraction of sp³-hybridized carbons (Fsp3) is 0.261. The highest BCUT2D eigenvalue weighted by Crippen LogP contribution is 2.35. The molecule has 8 heteroatoms. The van der Waals surface area contributed by atoms with Gasteiger partial charge in [0, 0.05) is 31.0 Å². The van der Waals surface area contributed by atoms with Gasteiger partial charge in [0.15, 0.2) is 0 Å². The summed E-state index contributed by atoms with van der Waals surface area (Å²) in [6, 6.07) is 14.8. The molecule has 160 valence electrons. The van der Waals surface area contributed by atoms with E-state index >= 15 is 0 Å². The fourth-order valence-electron chi connectivity index (χ4n) is 3.44. The summed E-state index contributed by atoms with van der Waals surface area (Å²) >= 11 is 1.45. The lowest BCUT2D eigenvalue weighted by Crippen LogP contribution is -2.28. The Morgan fingerprint density at radius 2 is 2.13 bits per heavy atom. The predicted octanol–water partition coefficient (Wildman–Crippen LogP) is 4.22. The van der Waals surface area contributed by atoms with Crippen LogP contribution in [0.5, 0.6) is 0 Å². The van der Waals surface area contributed by atoms with Gasteiger partial charge in [-0.25, -0.2) is 4.98 Å². The minimum absolute atomic E-state index is 0.106. The van der Waals surface area contributed by atoms with Crippen molar-refractivity contribution in [2.24, 2.45) is 0 Å². The number of para-hydroxylation sites is 1. The van der Waals surface area contributed by atoms with E-state index in [9.17, 15) is 9.90 Å². The van der Waals surface area contributed by atoms with Crippen LogP contribution in [0.4, 0.5) is 5.69 Å². The number of aliphatic hydroxyl groups excluding tert-OH is 1. The van der Waals surface area contributed by atoms with Crippen LogP contribution in [0.2, 0.25) is 0 Å². The van der Waals surface area contributed by atoms with Gasteiger partial charge in [0.25, 0.3) is 5.91 Å². The van der Waals surface area contributed by atoms with E-state index < -0.39 is 0 Å². The lowest BCUT2D eigenvalue weighted by Gasteiger charge is -2.19. The SMILES string of the molecule is CCOCCCNC(=O)c1cccc(N2CC(O)=C(c3nc4ccccc4s3)C2=N)c1. The number of nitrogens with zero attached hydrogens (tertiary/aromatic N) is 2. The third kappa shape index (κ3) is 4.45. The molecule has 2 aromatic carbocycles. The summed E-state index contributed by atoms with van der Waals surface area (Å²) in [6.07, 6.45) is 0.749. The average molecular weight is 437 g/mol. The molecule has 0 radical (unpaired) electrons. The minimum Gasteiger partial charge on any atom is -0.510 e. The van der Waals surface area contributed by atoms with Gasteiger partial charge in [-0.05, 0) is 43.7 Å². The second kappa shape index (κ2) is 9.28. The molecule has 1 aliphatic heterocycles. The number of hydrogen-bond donors (Lipinski definition) is 3. The summed E-state index contributed by atoms with van der Waals surface area (Å²) in [4.78, 5) is 18.7. The van der Waals surface area contributed by atoms with Crippen LogP contribution in [0, 0.1) is 5.41 Å². The molecule has 3 aromatic rings. The van der Waals surface area contributed by atoms with Gasteiger partial charge in [-0.3, -0.25) is 10.2 Å². The first-order valence-corrected chi connectivity index (χ1v) is 11.0. The van der Waals surface area contributed by atoms with Crippen LogP contribution >= 0.6 is 11.3 Å². The number of thiazole rings is 1. The Kier molecular flexibility index (Phi) is 6.29. The summed E-state index contributed by atoms with van der Waals surface area (Å²) in [5, 5.41) is 22.8. The van der Waals surface area contributed by atoms with E-state index in [0.29, 0.717) is 41.6 Å². The number of nitrogens with one attached hydrogen (secondary N) is 2. The summed E-state index contributed by atoms with van der Waals surface area (Å²) in [5.41, 5.74) is 2.47. The van der Waals surface area contributed by atoms with Gasteiger partial charge in [-0.1, -0.05) is 18.2 Å². The van der Waals surface area contributed by atoms with E-state index in [1.807, 2.05) is 37.3 Å². The lowest BCUT2D eigenvalue weighted by atomic mass is 10.1. The quantitative estimate of drug-likeness (QED) is 0.459. The molecule has 4 rings (SSSR count). The number of ether oxygens (including phenoxy) is 1. The Labute approximate surface area is 184 Å². The number of amidine groups is 1. The molecule has 0 saturated carbocycles. The molecule has 1 amide bonds. The Morgan fingerprint density at radius 1 is 1.29 bits per heavy atom. The van der Waals surface area contributed by atoms with Crippen molar-refractivity contribution in [1.29, 1.82) is 5.41 Å². The molecule has 1 aromatic heterocycles. The van der Waals surface area contributed by atoms with E-state index in [-0.39, 0.29) is 24.0 Å². The van der Waals surface area contributed by atoms with Crippen molar-refractivity contribution >= 4 is 44.6 Å². The maximum atomic E-state index is 12.5. The molecule has 3 N–H and O–H groups in total. The van der Waals surface area contributed by atoms with Crippen LogP contribution < -0.4 is 10.2 Å². The van der Waals surface area contributed by atoms with Gasteiger partial charge in [0.2, 0.25) is 0 Å². The number of rotatable bonds is 8. The van der Waals surface area contributed by atoms with Crippen molar-refractivity contribution in [3.8, 4) is 0 Å². The highest BCUT2D eigenvalue weighted by molar-refractivity contribution is 7.19. The number of aliphatic hydroxyl groups is 1. The Bertz CT molecular complexity index is 1120. The second-order valence-electron chi connectivity index (χ2n) is 7.10. The standard InChI is InChI=1S/C23H24N4O3S/c1-2-30-12-6-11-25-22(29)15-7-5-8-16(13-15)27-14-18(28)20(21(27)24)23-26-17-9-3-4-10-19(17)31-23/h3-5,7-10,13,24,28H,2,6,11-12,14H2,1H3,(H,25,29). The van der Waals surface area contributed by atoms with E-state index in [0.717, 1.165) is 16.6 Å². The van der Waals surface area contributed by atoms with Gasteiger partial charge in [0.1, 0.15) is 16.6 Å². The first-order valence-electron chi connectivity index (χ1n) is 10.2. The highest BCUT2D eigenvalue weighted by Gasteiger charge is 2.31. The van der Waals surface area contributed by atoms with E-state index in [4.69, 9.17) is 10.1 Å². The number of anilines is 1. The van der Waals surface area contributed by atoms with Gasteiger partial charge in [-0.15, -0.1) is 11.3 Å². The number of carbonyl (C=O) groups is 1. The number of fused-ring (bicyclic) bond motifs is 1. The number of carbonyl (C=O) groups excluding carboxylic acids is 1. The number of aromatic nitrogens is 1. The van der Waals surface area contributed by atoms with Crippen molar-refractivity contribution in [2.75, 3.05) is 31.2 Å². The third-order valence-corrected chi connectivity index (χ3v) is 6.04. The van der Waals surface area contributed by atoms with E-state index in [1.54, 1.807) is 23.1 Å². The molecule has 2 heterocycles. The molecule has 0 atom stereocenters. The molecule has 0 spiro atoms. The van der Waals surface area contributed by atoms with Crippen LogP contribution in [0.15, 0.2) is 54.3 Å². The summed E-state index contributed by atoms with van der Waals surface area (Å²) < 4.78 is 6.29. The highest BCUT2D eigenvalue weighted by atomic mass is 32.1. The lowest BCUT2D eigenvalue weighted by molar-refractivity contribution is 0.0944. The summed E-state index contributed by atoms with van der Waals surface area (Å²) in [7, 11) is 0. The largest absolute Gasteiger partial charge is 0.510 e. The molecular weight excluding hydrogens is 412 g/mol. The average Bonchev–Trinajstić information content (AvgIpc) is 3.33. The van der Waals surface area contributed by atoms with Gasteiger partial charge >= 0.3 is 0 Å². The van der Waals surface area contributed by atoms with Gasteiger partial charge in [-0.2, -0.15) is 0 Å². The van der Waals surface area contributed by atoms with Crippen LogP contribution in [0.3, 0.4) is 0 Å². The molecule has 0 saturated heterocycles. The van der Waals surface area contributed by atoms with Crippen LogP contribution in [-0.4, -0.2) is 48.1 Å². The van der Waals surface area contributed by atoms with Gasteiger partial charge in [0.05, 0.1) is 22.3 Å². The fourth-order valence-corrected chi connectivity index (χ4v) is 4.48. The monoisotopic (exact) mass is 436 g/mol. The predicted molar refractivity (Wildman–Crippen MR) is 124 cm³/mol. The van der Waals surface area contributed by atoms with Gasteiger partial charge < -0.3 is 20.1 Å². The van der Waals surface area contributed by atoms with Crippen LogP contribution in [0.25, 0.3) is 15.8 Å². The topological polar surface area (TPSA) is 98.5 Å². The van der Waals surface area contributed by atoms with Crippen molar-refractivity contribution < 1.29 is 14.6 Å². The smallest absolute Gasteiger partial charge is 0.251 e. The van der Waals surface area contributed by atoms with E-state index in [2.05, 4.69) is 10.3 Å². The molecule has 0 unspecified atom stereocenters. The molecule has 31 heavy (non-hydrogen) atoms. The molecule has 0 fully saturated rings. The van der Waals surface area contributed by atoms with Crippen LogP contribution in [0.1, 0.15) is 28.7 Å². The maximum Gasteiger partial charge on any atom is 0.251 e. The second-order valence-corrected chi connectivity index (χ2v) is 8.13. The zero-order valence-corrected chi connectivity index (χ0v) is 18.0. The Balaban J connectivity index is 1.49. The van der Waals surface area contributed by atoms with Crippen molar-refractivity contribution in [3.63, 3.8) is 0 Å². The minimum atomic E-state index is -0.173. The Hall–Kier alpha value is -3.23. The first kappa shape index (κ1) is 21.0. The zero-order valence-electron chi connectivity index (χ0n) is 17.2. The summed E-state index contributed by atoms with van der Waals surface area (Å²) in [5.74, 6) is 0.105. The number of amides is 1. The molecular formula is C23H24N4O3S. The van der Waals surface area contributed by atoms with E-state index in [1.165, 1.54) is 11.3 Å². The maximum absolute atomic E-state index is 12.5. The molecule has 7 nitrogen and oxygen atoms in total. The van der Waals surface area contributed by atoms with Crippen molar-refractivity contribution in [1.82, 2.24) is 10.3 Å². The number of hydrogen-bond acceptors (Lipinski definition) is 6. The Morgan fingerprint density at radius 3 is 2.94 bits per heavy atom. The van der Waals surface area contributed by atoms with Crippen LogP contribution in [-0.2, 0) is 4.74 Å². The molecule has 1 aliphatic rings. The molecule has 0 aliphatic carbocycles. The third-order valence-electron chi connectivity index (χ3n) is 4.99. The zero-order chi connectivity index (χ0) is 21.8. The number of benzene rings is 2. The first-order chi connectivity index (χ1) is 15.1. The van der Waals surface area contributed by atoms with Crippen molar-refractivity contribution in [2.45, 2.75) is 13.3 Å². The normalized spacial score (nSPS) is 14.0. The molecule has 0 bridgehead atoms. The van der Waals surface area contributed by atoms with Crippen molar-refractivity contribution in [3.05, 3.63) is 64.9 Å².